The van der Waals surface area contributed by atoms with Gasteiger partial charge in [-0.1, -0.05) is 38.8 Å². The Bertz CT molecular complexity index is 1240. The molecule has 0 amide bonds. The molecule has 0 saturated heterocycles. The van der Waals surface area contributed by atoms with E-state index in [2.05, 4.69) is 6.07 Å². The van der Waals surface area contributed by atoms with Crippen LogP contribution in [0.25, 0.3) is 11.0 Å². The predicted molar refractivity (Wildman–Crippen MR) is 130 cm³/mol. The van der Waals surface area contributed by atoms with Gasteiger partial charge in [0, 0.05) is 40.3 Å². The van der Waals surface area contributed by atoms with Gasteiger partial charge in [0.2, 0.25) is 6.43 Å². The zero-order valence-corrected chi connectivity index (χ0v) is 20.2. The number of hydrogen-bond acceptors (Lipinski definition) is 4. The molecule has 0 N–H and O–H groups in total. The van der Waals surface area contributed by atoms with E-state index in [-0.39, 0.29) is 18.4 Å². The van der Waals surface area contributed by atoms with Crippen molar-refractivity contribution in [3.8, 4) is 11.5 Å². The number of benzene rings is 2. The fraction of sp³-hybridized carbons (Fsp3) is 0.464. The number of furan rings is 1. The van der Waals surface area contributed by atoms with Crippen molar-refractivity contribution >= 4 is 16.7 Å². The minimum Gasteiger partial charge on any atom is -0.493 e. The number of alkyl halides is 2. The fourth-order valence-corrected chi connectivity index (χ4v) is 5.50. The number of aliphatic imine (C=N–C) groups is 1. The lowest BCUT2D eigenvalue weighted by Gasteiger charge is -2.36. The molecule has 1 aromatic heterocycles. The SMILES string of the molecule is COc1cc2c(cc1OC)C1CCCCC1N=C2c1ccc(CC(F)F)c2oc(C(C)C)cc12. The number of rotatable bonds is 6. The molecule has 6 heteroatoms. The van der Waals surface area contributed by atoms with E-state index >= 15 is 0 Å². The zero-order valence-electron chi connectivity index (χ0n) is 20.2. The summed E-state index contributed by atoms with van der Waals surface area (Å²) in [6, 6.07) is 10.0. The summed E-state index contributed by atoms with van der Waals surface area (Å²) in [5, 5.41) is 0.843. The van der Waals surface area contributed by atoms with Crippen molar-refractivity contribution in [2.45, 2.75) is 70.3 Å². The second-order valence-electron chi connectivity index (χ2n) is 9.64. The highest BCUT2D eigenvalue weighted by molar-refractivity contribution is 6.20. The monoisotopic (exact) mass is 467 g/mol. The molecule has 180 valence electrons. The van der Waals surface area contributed by atoms with E-state index in [9.17, 15) is 8.78 Å². The molecule has 2 aliphatic rings. The first-order valence-corrected chi connectivity index (χ1v) is 12.1. The predicted octanol–water partition coefficient (Wildman–Crippen LogP) is 7.26. The average molecular weight is 468 g/mol. The molecule has 34 heavy (non-hydrogen) atoms. The molecule has 1 saturated carbocycles. The van der Waals surface area contributed by atoms with Crippen LogP contribution in [-0.2, 0) is 6.42 Å². The van der Waals surface area contributed by atoms with E-state index in [0.29, 0.717) is 22.8 Å². The van der Waals surface area contributed by atoms with Crippen LogP contribution in [0.4, 0.5) is 8.78 Å². The van der Waals surface area contributed by atoms with E-state index in [1.54, 1.807) is 20.3 Å². The van der Waals surface area contributed by atoms with Gasteiger partial charge in [-0.3, -0.25) is 4.99 Å². The minimum absolute atomic E-state index is 0.146. The third kappa shape index (κ3) is 3.87. The smallest absolute Gasteiger partial charge is 0.242 e. The Morgan fingerprint density at radius 2 is 1.74 bits per heavy atom. The standard InChI is InChI=1S/C28H31F2NO3/c1-15(2)23-14-21-18(10-9-16(11-26(29)30)28(21)34-23)27-20-13-25(33-4)24(32-3)12-19(20)17-7-5-6-8-22(17)31-27/h9-10,12-15,17,22,26H,5-8,11H2,1-4H3. The Balaban J connectivity index is 1.75. The van der Waals surface area contributed by atoms with Crippen molar-refractivity contribution < 1.29 is 22.7 Å². The molecule has 0 radical (unpaired) electrons. The highest BCUT2D eigenvalue weighted by atomic mass is 19.3. The van der Waals surface area contributed by atoms with Gasteiger partial charge in [0.1, 0.15) is 11.3 Å². The second kappa shape index (κ2) is 9.05. The summed E-state index contributed by atoms with van der Waals surface area (Å²) in [6.45, 7) is 4.09. The normalized spacial score (nSPS) is 19.8. The maximum atomic E-state index is 13.3. The van der Waals surface area contributed by atoms with Crippen LogP contribution in [0.15, 0.2) is 39.7 Å². The van der Waals surface area contributed by atoms with Gasteiger partial charge in [0.15, 0.2) is 11.5 Å². The van der Waals surface area contributed by atoms with Crippen molar-refractivity contribution in [1.82, 2.24) is 0 Å². The first-order valence-electron chi connectivity index (χ1n) is 12.1. The molecule has 1 aliphatic heterocycles. The lowest BCUT2D eigenvalue weighted by molar-refractivity contribution is 0.149. The van der Waals surface area contributed by atoms with Crippen LogP contribution in [0, 0.1) is 0 Å². The summed E-state index contributed by atoms with van der Waals surface area (Å²) in [7, 11) is 3.29. The minimum atomic E-state index is -2.44. The van der Waals surface area contributed by atoms with Gasteiger partial charge < -0.3 is 13.9 Å². The van der Waals surface area contributed by atoms with E-state index in [4.69, 9.17) is 18.9 Å². The molecule has 0 bridgehead atoms. The van der Waals surface area contributed by atoms with Crippen LogP contribution in [-0.4, -0.2) is 32.4 Å². The van der Waals surface area contributed by atoms with Crippen molar-refractivity contribution in [2.24, 2.45) is 4.99 Å². The Kier molecular flexibility index (Phi) is 6.09. The van der Waals surface area contributed by atoms with Gasteiger partial charge in [0.25, 0.3) is 0 Å². The van der Waals surface area contributed by atoms with Gasteiger partial charge in [-0.2, -0.15) is 0 Å². The molecule has 2 unspecified atom stereocenters. The molecule has 4 nitrogen and oxygen atoms in total. The quantitative estimate of drug-likeness (QED) is 0.383. The number of halogens is 2. The maximum absolute atomic E-state index is 13.3. The molecule has 2 heterocycles. The Morgan fingerprint density at radius 1 is 1.00 bits per heavy atom. The van der Waals surface area contributed by atoms with E-state index in [1.165, 1.54) is 12.0 Å². The Labute approximate surface area is 199 Å². The van der Waals surface area contributed by atoms with Gasteiger partial charge >= 0.3 is 0 Å². The van der Waals surface area contributed by atoms with E-state index in [1.807, 2.05) is 32.0 Å². The first-order chi connectivity index (χ1) is 16.4. The van der Waals surface area contributed by atoms with Gasteiger partial charge in [0.05, 0.1) is 26.0 Å². The number of ether oxygens (including phenoxy) is 2. The van der Waals surface area contributed by atoms with Crippen LogP contribution in [0.2, 0.25) is 0 Å². The van der Waals surface area contributed by atoms with Gasteiger partial charge in [-0.05, 0) is 36.6 Å². The van der Waals surface area contributed by atoms with Gasteiger partial charge in [-0.25, -0.2) is 8.78 Å². The Hall–Kier alpha value is -2.89. The maximum Gasteiger partial charge on any atom is 0.242 e. The highest BCUT2D eigenvalue weighted by Crippen LogP contribution is 2.45. The van der Waals surface area contributed by atoms with Crippen LogP contribution in [0.5, 0.6) is 11.5 Å². The summed E-state index contributed by atoms with van der Waals surface area (Å²) in [6.07, 6.45) is 1.71. The Morgan fingerprint density at radius 3 is 2.44 bits per heavy atom. The number of nitrogens with zero attached hydrogens (tertiary/aromatic N) is 1. The summed E-state index contributed by atoms with van der Waals surface area (Å²) >= 11 is 0. The van der Waals surface area contributed by atoms with Crippen LogP contribution in [0.3, 0.4) is 0 Å². The van der Waals surface area contributed by atoms with E-state index in [0.717, 1.165) is 53.0 Å². The van der Waals surface area contributed by atoms with Gasteiger partial charge in [-0.15, -0.1) is 0 Å². The number of hydrogen-bond donors (Lipinski definition) is 0. The molecule has 2 atom stereocenters. The topological polar surface area (TPSA) is 44.0 Å². The first kappa shape index (κ1) is 22.9. The van der Waals surface area contributed by atoms with Crippen molar-refractivity contribution in [3.05, 3.63) is 58.3 Å². The lowest BCUT2D eigenvalue weighted by atomic mass is 9.74. The number of methoxy groups -OCH3 is 2. The summed E-state index contributed by atoms with van der Waals surface area (Å²) in [4.78, 5) is 5.27. The summed E-state index contributed by atoms with van der Waals surface area (Å²) < 4.78 is 44.0. The average Bonchev–Trinajstić information content (AvgIpc) is 3.29. The van der Waals surface area contributed by atoms with Crippen molar-refractivity contribution in [3.63, 3.8) is 0 Å². The largest absolute Gasteiger partial charge is 0.493 e. The zero-order chi connectivity index (χ0) is 24.0. The molecule has 1 aliphatic carbocycles. The second-order valence-corrected chi connectivity index (χ2v) is 9.64. The van der Waals surface area contributed by atoms with Crippen LogP contribution >= 0.6 is 0 Å². The molecule has 3 aromatic rings. The van der Waals surface area contributed by atoms with Crippen LogP contribution in [0.1, 0.15) is 79.4 Å². The fourth-order valence-electron chi connectivity index (χ4n) is 5.50. The highest BCUT2D eigenvalue weighted by Gasteiger charge is 2.35. The van der Waals surface area contributed by atoms with Crippen molar-refractivity contribution in [1.29, 1.82) is 0 Å². The molecular weight excluding hydrogens is 436 g/mol. The summed E-state index contributed by atoms with van der Waals surface area (Å²) in [5.41, 5.74) is 5.11. The summed E-state index contributed by atoms with van der Waals surface area (Å²) in [5.74, 6) is 2.65. The lowest BCUT2D eigenvalue weighted by Crippen LogP contribution is -2.29. The third-order valence-electron chi connectivity index (χ3n) is 7.22. The molecule has 5 rings (SSSR count). The van der Waals surface area contributed by atoms with E-state index < -0.39 is 6.43 Å². The third-order valence-corrected chi connectivity index (χ3v) is 7.22. The molecule has 1 fully saturated rings. The molecular formula is C28H31F2NO3. The number of fused-ring (bicyclic) bond motifs is 4. The van der Waals surface area contributed by atoms with Crippen LogP contribution < -0.4 is 9.47 Å². The molecule has 0 spiro atoms. The molecule has 2 aromatic carbocycles. The van der Waals surface area contributed by atoms with Crippen molar-refractivity contribution in [2.75, 3.05) is 14.2 Å².